The Bertz CT molecular complexity index is 1140. The third-order valence-corrected chi connectivity index (χ3v) is 5.27. The fourth-order valence-electron chi connectivity index (χ4n) is 3.65. The van der Waals surface area contributed by atoms with Crippen molar-refractivity contribution in [2.24, 2.45) is 5.16 Å². The molecule has 0 atom stereocenters. The normalized spacial score (nSPS) is 11.5. The van der Waals surface area contributed by atoms with E-state index in [-0.39, 0.29) is 0 Å². The molecule has 1 aromatic heterocycles. The van der Waals surface area contributed by atoms with Gasteiger partial charge in [0.1, 0.15) is 6.61 Å². The third-order valence-electron chi connectivity index (χ3n) is 5.27. The number of nitrogens with zero attached hydrogens (tertiary/aromatic N) is 2. The largest absolute Gasteiger partial charge is 0.391 e. The van der Waals surface area contributed by atoms with Crippen LogP contribution in [0.25, 0.3) is 16.9 Å². The van der Waals surface area contributed by atoms with Crippen molar-refractivity contribution in [2.45, 2.75) is 27.4 Å². The average Bonchev–Trinajstić information content (AvgIpc) is 3.13. The third kappa shape index (κ3) is 4.20. The second-order valence-corrected chi connectivity index (χ2v) is 7.50. The van der Waals surface area contributed by atoms with Crippen molar-refractivity contribution >= 4 is 5.71 Å². The molecule has 3 aromatic carbocycles. The molecule has 0 amide bonds. The van der Waals surface area contributed by atoms with Gasteiger partial charge in [-0.25, -0.2) is 0 Å². The van der Waals surface area contributed by atoms with E-state index in [1.54, 1.807) is 0 Å². The Balaban J connectivity index is 1.71. The summed E-state index contributed by atoms with van der Waals surface area (Å²) in [6.07, 6.45) is 0. The molecule has 0 aliphatic heterocycles. The number of benzene rings is 3. The predicted molar refractivity (Wildman–Crippen MR) is 124 cm³/mol. The van der Waals surface area contributed by atoms with E-state index in [0.29, 0.717) is 6.61 Å². The van der Waals surface area contributed by atoms with Crippen LogP contribution in [0.2, 0.25) is 0 Å². The molecule has 3 nitrogen and oxygen atoms in total. The number of rotatable bonds is 6. The standard InChI is InChI=1S/C27H26N2O/c1-20-14-16-25(17-15-20)29-22(3)26(18-27(29)24-12-8-5-9-13-24)21(2)28-30-19-23-10-6-4-7-11-23/h4-18H,19H2,1-3H3/b28-21+. The maximum absolute atomic E-state index is 5.65. The highest BCUT2D eigenvalue weighted by Crippen LogP contribution is 2.30. The van der Waals surface area contributed by atoms with Crippen molar-refractivity contribution in [1.82, 2.24) is 4.57 Å². The van der Waals surface area contributed by atoms with Crippen LogP contribution in [0.3, 0.4) is 0 Å². The SMILES string of the molecule is C/C(=N\OCc1ccccc1)c1cc(-c2ccccc2)n(-c2ccc(C)cc2)c1C. The molecule has 0 saturated carbocycles. The van der Waals surface area contributed by atoms with E-state index in [4.69, 9.17) is 4.84 Å². The minimum atomic E-state index is 0.460. The quantitative estimate of drug-likeness (QED) is 0.264. The molecule has 30 heavy (non-hydrogen) atoms. The van der Waals surface area contributed by atoms with Gasteiger partial charge in [0, 0.05) is 16.9 Å². The van der Waals surface area contributed by atoms with Crippen molar-refractivity contribution in [3.63, 3.8) is 0 Å². The van der Waals surface area contributed by atoms with E-state index in [2.05, 4.69) is 78.2 Å². The Labute approximate surface area is 178 Å². The topological polar surface area (TPSA) is 26.5 Å². The predicted octanol–water partition coefficient (Wildman–Crippen LogP) is 6.70. The van der Waals surface area contributed by atoms with Crippen LogP contribution in [-0.2, 0) is 11.4 Å². The molecule has 0 aliphatic carbocycles. The van der Waals surface area contributed by atoms with E-state index in [0.717, 1.165) is 33.9 Å². The number of aryl methyl sites for hydroxylation is 1. The zero-order valence-corrected chi connectivity index (χ0v) is 17.7. The van der Waals surface area contributed by atoms with Gasteiger partial charge in [-0.05, 0) is 50.1 Å². The van der Waals surface area contributed by atoms with Crippen molar-refractivity contribution in [3.8, 4) is 16.9 Å². The van der Waals surface area contributed by atoms with Crippen LogP contribution in [0.15, 0.2) is 96.2 Å². The van der Waals surface area contributed by atoms with Gasteiger partial charge in [0.25, 0.3) is 0 Å². The van der Waals surface area contributed by atoms with Gasteiger partial charge in [0.15, 0.2) is 0 Å². The number of aromatic nitrogens is 1. The van der Waals surface area contributed by atoms with Crippen LogP contribution in [0, 0.1) is 13.8 Å². The molecule has 0 spiro atoms. The fourth-order valence-corrected chi connectivity index (χ4v) is 3.65. The second kappa shape index (κ2) is 8.83. The lowest BCUT2D eigenvalue weighted by atomic mass is 10.1. The van der Waals surface area contributed by atoms with Crippen molar-refractivity contribution in [3.05, 3.63) is 113 Å². The minimum absolute atomic E-state index is 0.460. The van der Waals surface area contributed by atoms with E-state index in [9.17, 15) is 0 Å². The zero-order valence-electron chi connectivity index (χ0n) is 17.7. The molecule has 0 bridgehead atoms. The summed E-state index contributed by atoms with van der Waals surface area (Å²) >= 11 is 0. The monoisotopic (exact) mass is 394 g/mol. The average molecular weight is 395 g/mol. The molecule has 1 heterocycles. The maximum Gasteiger partial charge on any atom is 0.142 e. The van der Waals surface area contributed by atoms with Crippen LogP contribution in [-0.4, -0.2) is 10.3 Å². The fraction of sp³-hybridized carbons (Fsp3) is 0.148. The summed E-state index contributed by atoms with van der Waals surface area (Å²) in [5.41, 5.74) is 8.90. The summed E-state index contributed by atoms with van der Waals surface area (Å²) in [6, 6.07) is 31.4. The molecule has 150 valence electrons. The number of hydrogen-bond acceptors (Lipinski definition) is 2. The van der Waals surface area contributed by atoms with Crippen molar-refractivity contribution in [2.75, 3.05) is 0 Å². The minimum Gasteiger partial charge on any atom is -0.391 e. The van der Waals surface area contributed by atoms with Crippen LogP contribution >= 0.6 is 0 Å². The summed E-state index contributed by atoms with van der Waals surface area (Å²) in [5.74, 6) is 0. The van der Waals surface area contributed by atoms with Gasteiger partial charge in [0.05, 0.1) is 11.4 Å². The number of hydrogen-bond donors (Lipinski definition) is 0. The Morgan fingerprint density at radius 3 is 2.13 bits per heavy atom. The Morgan fingerprint density at radius 1 is 0.833 bits per heavy atom. The first-order valence-corrected chi connectivity index (χ1v) is 10.2. The molecule has 0 aliphatic rings. The van der Waals surface area contributed by atoms with E-state index < -0.39 is 0 Å². The smallest absolute Gasteiger partial charge is 0.142 e. The van der Waals surface area contributed by atoms with Crippen molar-refractivity contribution in [1.29, 1.82) is 0 Å². The Morgan fingerprint density at radius 2 is 1.47 bits per heavy atom. The number of oxime groups is 1. The van der Waals surface area contributed by atoms with Crippen LogP contribution in [0.1, 0.15) is 29.3 Å². The molecule has 4 aromatic rings. The van der Waals surface area contributed by atoms with Crippen LogP contribution in [0.5, 0.6) is 0 Å². The van der Waals surface area contributed by atoms with Gasteiger partial charge < -0.3 is 9.40 Å². The molecule has 0 saturated heterocycles. The summed E-state index contributed by atoms with van der Waals surface area (Å²) in [5, 5.41) is 4.41. The summed E-state index contributed by atoms with van der Waals surface area (Å²) in [4.78, 5) is 5.65. The highest BCUT2D eigenvalue weighted by molar-refractivity contribution is 6.01. The van der Waals surface area contributed by atoms with Gasteiger partial charge >= 0.3 is 0 Å². The molecule has 4 rings (SSSR count). The molecular formula is C27H26N2O. The molecular weight excluding hydrogens is 368 g/mol. The molecule has 0 unspecified atom stereocenters. The van der Waals surface area contributed by atoms with Gasteiger partial charge in [-0.15, -0.1) is 0 Å². The van der Waals surface area contributed by atoms with E-state index >= 15 is 0 Å². The summed E-state index contributed by atoms with van der Waals surface area (Å²) in [6.45, 7) is 6.71. The maximum atomic E-state index is 5.65. The first-order valence-electron chi connectivity index (χ1n) is 10.2. The Hall–Kier alpha value is -3.59. The highest BCUT2D eigenvalue weighted by atomic mass is 16.6. The van der Waals surface area contributed by atoms with Gasteiger partial charge in [-0.1, -0.05) is 83.5 Å². The summed E-state index contributed by atoms with van der Waals surface area (Å²) < 4.78 is 2.29. The van der Waals surface area contributed by atoms with E-state index in [1.165, 1.54) is 11.1 Å². The van der Waals surface area contributed by atoms with Gasteiger partial charge in [-0.2, -0.15) is 0 Å². The zero-order chi connectivity index (χ0) is 20.9. The summed E-state index contributed by atoms with van der Waals surface area (Å²) in [7, 11) is 0. The van der Waals surface area contributed by atoms with Crippen molar-refractivity contribution < 1.29 is 4.84 Å². The first kappa shape index (κ1) is 19.7. The molecule has 0 radical (unpaired) electrons. The van der Waals surface area contributed by atoms with Crippen LogP contribution in [0.4, 0.5) is 0 Å². The lowest BCUT2D eigenvalue weighted by Gasteiger charge is -2.13. The molecule has 0 N–H and O–H groups in total. The first-order chi connectivity index (χ1) is 14.6. The lowest BCUT2D eigenvalue weighted by Crippen LogP contribution is -2.02. The van der Waals surface area contributed by atoms with Crippen LogP contribution < -0.4 is 0 Å². The molecule has 3 heteroatoms. The second-order valence-electron chi connectivity index (χ2n) is 7.50. The van der Waals surface area contributed by atoms with E-state index in [1.807, 2.05) is 43.3 Å². The highest BCUT2D eigenvalue weighted by Gasteiger charge is 2.17. The Kier molecular flexibility index (Phi) is 5.80. The van der Waals surface area contributed by atoms with Gasteiger partial charge in [-0.3, -0.25) is 0 Å². The molecule has 0 fully saturated rings. The van der Waals surface area contributed by atoms with Gasteiger partial charge in [0.2, 0.25) is 0 Å². The lowest BCUT2D eigenvalue weighted by molar-refractivity contribution is 0.130.